The van der Waals surface area contributed by atoms with Crippen molar-refractivity contribution < 1.29 is 0 Å². The Morgan fingerprint density at radius 2 is 2.35 bits per heavy atom. The van der Waals surface area contributed by atoms with E-state index in [4.69, 9.17) is 11.6 Å². The van der Waals surface area contributed by atoms with Crippen LogP contribution in [0.4, 0.5) is 0 Å². The van der Waals surface area contributed by atoms with Crippen LogP contribution in [0, 0.1) is 0 Å². The summed E-state index contributed by atoms with van der Waals surface area (Å²) in [6.45, 7) is 4.58. The molecular formula is C14H20ClNS. The van der Waals surface area contributed by atoms with Gasteiger partial charge in [0.25, 0.3) is 0 Å². The van der Waals surface area contributed by atoms with E-state index < -0.39 is 0 Å². The van der Waals surface area contributed by atoms with Crippen LogP contribution in [-0.2, 0) is 6.42 Å². The van der Waals surface area contributed by atoms with Gasteiger partial charge >= 0.3 is 0 Å². The van der Waals surface area contributed by atoms with E-state index in [-0.39, 0.29) is 0 Å². The van der Waals surface area contributed by atoms with Crippen LogP contribution < -0.4 is 5.32 Å². The van der Waals surface area contributed by atoms with Crippen molar-refractivity contribution in [1.29, 1.82) is 0 Å². The molecule has 3 atom stereocenters. The van der Waals surface area contributed by atoms with Crippen molar-refractivity contribution in [2.45, 2.75) is 44.0 Å². The van der Waals surface area contributed by atoms with Gasteiger partial charge < -0.3 is 5.32 Å². The maximum absolute atomic E-state index is 6.00. The van der Waals surface area contributed by atoms with E-state index in [1.54, 1.807) is 0 Å². The highest BCUT2D eigenvalue weighted by molar-refractivity contribution is 8.00. The Morgan fingerprint density at radius 1 is 1.53 bits per heavy atom. The summed E-state index contributed by atoms with van der Waals surface area (Å²) in [5, 5.41) is 5.31. The standard InChI is InChI=1S/C14H20ClNS/c1-10(16-14-6-7-17-11(14)2)8-12-4-3-5-13(15)9-12/h3-5,9-11,14,16H,6-8H2,1-2H3. The molecule has 0 radical (unpaired) electrons. The fraction of sp³-hybridized carbons (Fsp3) is 0.571. The molecule has 0 bridgehead atoms. The van der Waals surface area contributed by atoms with Crippen LogP contribution in [0.2, 0.25) is 5.02 Å². The Kier molecular flexibility index (Phi) is 4.78. The van der Waals surface area contributed by atoms with Crippen molar-refractivity contribution in [3.05, 3.63) is 34.9 Å². The zero-order valence-electron chi connectivity index (χ0n) is 10.4. The summed E-state index contributed by atoms with van der Waals surface area (Å²) in [6, 6.07) is 9.36. The third kappa shape index (κ3) is 3.90. The third-order valence-corrected chi connectivity index (χ3v) is 4.87. The molecule has 1 nitrogen and oxygen atoms in total. The van der Waals surface area contributed by atoms with Crippen molar-refractivity contribution in [3.63, 3.8) is 0 Å². The van der Waals surface area contributed by atoms with Gasteiger partial charge in [-0.1, -0.05) is 30.7 Å². The summed E-state index contributed by atoms with van der Waals surface area (Å²) in [6.07, 6.45) is 2.35. The normalized spacial score (nSPS) is 26.1. The molecule has 1 heterocycles. The number of benzene rings is 1. The van der Waals surface area contributed by atoms with Crippen molar-refractivity contribution in [1.82, 2.24) is 5.32 Å². The Balaban J connectivity index is 1.86. The van der Waals surface area contributed by atoms with E-state index in [2.05, 4.69) is 43.1 Å². The smallest absolute Gasteiger partial charge is 0.0408 e. The summed E-state index contributed by atoms with van der Waals surface area (Å²) >= 11 is 8.07. The first kappa shape index (κ1) is 13.3. The third-order valence-electron chi connectivity index (χ3n) is 3.31. The molecule has 0 spiro atoms. The first-order chi connectivity index (χ1) is 8.15. The van der Waals surface area contributed by atoms with Crippen molar-refractivity contribution in [3.8, 4) is 0 Å². The minimum Gasteiger partial charge on any atom is -0.310 e. The Morgan fingerprint density at radius 3 is 3.00 bits per heavy atom. The van der Waals surface area contributed by atoms with E-state index in [9.17, 15) is 0 Å². The Bertz CT molecular complexity index is 369. The number of nitrogens with one attached hydrogen (secondary N) is 1. The maximum Gasteiger partial charge on any atom is 0.0408 e. The van der Waals surface area contributed by atoms with Crippen LogP contribution >= 0.6 is 23.4 Å². The van der Waals surface area contributed by atoms with Gasteiger partial charge in [-0.05, 0) is 43.2 Å². The second kappa shape index (κ2) is 6.12. The van der Waals surface area contributed by atoms with Gasteiger partial charge in [0.1, 0.15) is 0 Å². The molecule has 3 heteroatoms. The molecule has 3 unspecified atom stereocenters. The zero-order chi connectivity index (χ0) is 12.3. The van der Waals surface area contributed by atoms with Gasteiger partial charge in [0, 0.05) is 22.4 Å². The van der Waals surface area contributed by atoms with Gasteiger partial charge in [-0.2, -0.15) is 11.8 Å². The minimum absolute atomic E-state index is 0.514. The minimum atomic E-state index is 0.514. The molecule has 94 valence electrons. The second-order valence-corrected chi connectivity index (χ2v) is 6.79. The molecule has 0 saturated carbocycles. The maximum atomic E-state index is 6.00. The average Bonchev–Trinajstić information content (AvgIpc) is 2.64. The average molecular weight is 270 g/mol. The molecule has 1 aliphatic heterocycles. The van der Waals surface area contributed by atoms with Gasteiger partial charge in [-0.25, -0.2) is 0 Å². The monoisotopic (exact) mass is 269 g/mol. The number of thioether (sulfide) groups is 1. The highest BCUT2D eigenvalue weighted by atomic mass is 35.5. The van der Waals surface area contributed by atoms with E-state index in [0.29, 0.717) is 12.1 Å². The van der Waals surface area contributed by atoms with E-state index in [0.717, 1.165) is 16.7 Å². The molecule has 1 aliphatic rings. The molecule has 0 aliphatic carbocycles. The number of hydrogen-bond acceptors (Lipinski definition) is 2. The summed E-state index contributed by atoms with van der Waals surface area (Å²) in [7, 11) is 0. The molecule has 1 aromatic rings. The Labute approximate surface area is 113 Å². The molecule has 0 amide bonds. The zero-order valence-corrected chi connectivity index (χ0v) is 12.0. The first-order valence-corrected chi connectivity index (χ1v) is 7.70. The molecule has 2 rings (SSSR count). The van der Waals surface area contributed by atoms with Crippen LogP contribution in [0.15, 0.2) is 24.3 Å². The molecule has 17 heavy (non-hydrogen) atoms. The topological polar surface area (TPSA) is 12.0 Å². The lowest BCUT2D eigenvalue weighted by Gasteiger charge is -2.22. The van der Waals surface area contributed by atoms with Gasteiger partial charge in [-0.3, -0.25) is 0 Å². The van der Waals surface area contributed by atoms with Crippen molar-refractivity contribution in [2.24, 2.45) is 0 Å². The fourth-order valence-corrected chi connectivity index (χ4v) is 3.81. The summed E-state index contributed by atoms with van der Waals surface area (Å²) in [5.41, 5.74) is 1.32. The van der Waals surface area contributed by atoms with Gasteiger partial charge in [0.2, 0.25) is 0 Å². The molecular weight excluding hydrogens is 250 g/mol. The lowest BCUT2D eigenvalue weighted by Crippen LogP contribution is -2.40. The summed E-state index contributed by atoms with van der Waals surface area (Å²) < 4.78 is 0. The molecule has 1 N–H and O–H groups in total. The van der Waals surface area contributed by atoms with Crippen molar-refractivity contribution >= 4 is 23.4 Å². The van der Waals surface area contributed by atoms with Crippen molar-refractivity contribution in [2.75, 3.05) is 5.75 Å². The fourth-order valence-electron chi connectivity index (χ4n) is 2.39. The lowest BCUT2D eigenvalue weighted by atomic mass is 10.0. The molecule has 1 fully saturated rings. The quantitative estimate of drug-likeness (QED) is 0.893. The summed E-state index contributed by atoms with van der Waals surface area (Å²) in [4.78, 5) is 0. The van der Waals surface area contributed by atoms with Gasteiger partial charge in [-0.15, -0.1) is 0 Å². The molecule has 0 aromatic heterocycles. The van der Waals surface area contributed by atoms with Crippen LogP contribution in [0.1, 0.15) is 25.8 Å². The summed E-state index contributed by atoms with van der Waals surface area (Å²) in [5.74, 6) is 1.29. The van der Waals surface area contributed by atoms with E-state index in [1.165, 1.54) is 17.7 Å². The highest BCUT2D eigenvalue weighted by Crippen LogP contribution is 2.26. The molecule has 1 saturated heterocycles. The van der Waals surface area contributed by atoms with Crippen LogP contribution in [0.5, 0.6) is 0 Å². The first-order valence-electron chi connectivity index (χ1n) is 6.27. The Hall–Kier alpha value is -0.180. The largest absolute Gasteiger partial charge is 0.310 e. The molecule has 1 aromatic carbocycles. The number of halogens is 1. The number of rotatable bonds is 4. The SMILES string of the molecule is CC(Cc1cccc(Cl)c1)NC1CCSC1C. The van der Waals surface area contributed by atoms with Gasteiger partial charge in [0.15, 0.2) is 0 Å². The second-order valence-electron chi connectivity index (χ2n) is 4.87. The number of hydrogen-bond donors (Lipinski definition) is 1. The van der Waals surface area contributed by atoms with E-state index >= 15 is 0 Å². The predicted octanol–water partition coefficient (Wildman–Crippen LogP) is 3.75. The van der Waals surface area contributed by atoms with Gasteiger partial charge in [0.05, 0.1) is 0 Å². The predicted molar refractivity (Wildman–Crippen MR) is 78.1 cm³/mol. The lowest BCUT2D eigenvalue weighted by molar-refractivity contribution is 0.442. The van der Waals surface area contributed by atoms with Crippen LogP contribution in [-0.4, -0.2) is 23.1 Å². The van der Waals surface area contributed by atoms with Crippen LogP contribution in [0.25, 0.3) is 0 Å². The highest BCUT2D eigenvalue weighted by Gasteiger charge is 2.24. The van der Waals surface area contributed by atoms with E-state index in [1.807, 2.05) is 12.1 Å². The van der Waals surface area contributed by atoms with Crippen LogP contribution in [0.3, 0.4) is 0 Å².